The van der Waals surface area contributed by atoms with E-state index < -0.39 is 5.97 Å². The van der Waals surface area contributed by atoms with Gasteiger partial charge in [0.25, 0.3) is 5.56 Å². The van der Waals surface area contributed by atoms with Crippen molar-refractivity contribution in [3.63, 3.8) is 0 Å². The molecule has 5 nitrogen and oxygen atoms in total. The van der Waals surface area contributed by atoms with Crippen LogP contribution in [0.2, 0.25) is 0 Å². The molecule has 6 heteroatoms. The van der Waals surface area contributed by atoms with Crippen LogP contribution in [0.4, 0.5) is 0 Å². The van der Waals surface area contributed by atoms with E-state index in [-0.39, 0.29) is 18.4 Å². The van der Waals surface area contributed by atoms with Gasteiger partial charge in [0.2, 0.25) is 0 Å². The fourth-order valence-corrected chi connectivity index (χ4v) is 3.05. The number of thiophene rings is 1. The number of fused-ring (bicyclic) bond motifs is 1. The van der Waals surface area contributed by atoms with Crippen molar-refractivity contribution in [3.8, 4) is 0 Å². The number of hydrogen-bond acceptors (Lipinski definition) is 4. The first kappa shape index (κ1) is 12.8. The van der Waals surface area contributed by atoms with E-state index in [4.69, 9.17) is 5.11 Å². The summed E-state index contributed by atoms with van der Waals surface area (Å²) in [6.45, 7) is 3.96. The molecule has 2 aromatic rings. The second-order valence-electron chi connectivity index (χ2n) is 4.09. The summed E-state index contributed by atoms with van der Waals surface area (Å²) in [6, 6.07) is 0. The lowest BCUT2D eigenvalue weighted by atomic mass is 10.2. The molecule has 0 amide bonds. The highest BCUT2D eigenvalue weighted by Gasteiger charge is 2.13. The molecule has 0 saturated heterocycles. The Balaban J connectivity index is 2.49. The zero-order chi connectivity index (χ0) is 13.3. The highest BCUT2D eigenvalue weighted by Crippen LogP contribution is 2.27. The summed E-state index contributed by atoms with van der Waals surface area (Å²) >= 11 is 1.51. The van der Waals surface area contributed by atoms with Crippen LogP contribution in [0, 0.1) is 6.92 Å². The number of carbonyl (C=O) groups is 1. The maximum atomic E-state index is 12.0. The van der Waals surface area contributed by atoms with Gasteiger partial charge in [-0.1, -0.05) is 6.92 Å². The number of hydrogen-bond donors (Lipinski definition) is 2. The quantitative estimate of drug-likeness (QED) is 0.885. The van der Waals surface area contributed by atoms with Crippen LogP contribution in [0.5, 0.6) is 0 Å². The maximum Gasteiger partial charge on any atom is 0.303 e. The molecule has 0 saturated carbocycles. The molecule has 2 N–H and O–H groups in total. The standard InChI is InChI=1S/C12H14N2O3S/c1-3-7-6(2)10-11(17)13-8(4-5-9(15)16)14-12(10)18-7/h3-5H2,1-2H3,(H,15,16)(H,13,14,17). The fourth-order valence-electron chi connectivity index (χ4n) is 1.92. The zero-order valence-corrected chi connectivity index (χ0v) is 11.1. The minimum Gasteiger partial charge on any atom is -0.481 e. The predicted molar refractivity (Wildman–Crippen MR) is 70.3 cm³/mol. The van der Waals surface area contributed by atoms with Crippen LogP contribution in [0.1, 0.15) is 29.6 Å². The molecular weight excluding hydrogens is 252 g/mol. The Bertz CT molecular complexity index is 657. The van der Waals surface area contributed by atoms with Crippen LogP contribution >= 0.6 is 11.3 Å². The Morgan fingerprint density at radius 2 is 2.22 bits per heavy atom. The number of aliphatic carboxylic acids is 1. The third-order valence-electron chi connectivity index (χ3n) is 2.85. The number of nitrogens with zero attached hydrogens (tertiary/aromatic N) is 1. The largest absolute Gasteiger partial charge is 0.481 e. The summed E-state index contributed by atoms with van der Waals surface area (Å²) in [6.07, 6.45) is 1.09. The zero-order valence-electron chi connectivity index (χ0n) is 10.2. The Kier molecular flexibility index (Phi) is 3.47. The van der Waals surface area contributed by atoms with Gasteiger partial charge in [-0.2, -0.15) is 0 Å². The third kappa shape index (κ3) is 2.28. The summed E-state index contributed by atoms with van der Waals surface area (Å²) in [5, 5.41) is 9.26. The van der Waals surface area contributed by atoms with E-state index in [0.717, 1.165) is 16.9 Å². The lowest BCUT2D eigenvalue weighted by Gasteiger charge is -1.98. The molecule has 2 rings (SSSR count). The van der Waals surface area contributed by atoms with Crippen LogP contribution < -0.4 is 5.56 Å². The normalized spacial score (nSPS) is 11.0. The molecule has 18 heavy (non-hydrogen) atoms. The summed E-state index contributed by atoms with van der Waals surface area (Å²) in [5.74, 6) is -0.451. The summed E-state index contributed by atoms with van der Waals surface area (Å²) in [7, 11) is 0. The molecule has 2 aromatic heterocycles. The van der Waals surface area contributed by atoms with Gasteiger partial charge in [0, 0.05) is 11.3 Å². The first-order chi connectivity index (χ1) is 8.52. The van der Waals surface area contributed by atoms with Gasteiger partial charge in [0.1, 0.15) is 10.7 Å². The van der Waals surface area contributed by atoms with Gasteiger partial charge in [-0.3, -0.25) is 9.59 Å². The lowest BCUT2D eigenvalue weighted by molar-refractivity contribution is -0.137. The molecule has 0 aliphatic rings. The highest BCUT2D eigenvalue weighted by molar-refractivity contribution is 7.18. The van der Waals surface area contributed by atoms with Gasteiger partial charge in [0.15, 0.2) is 0 Å². The first-order valence-corrected chi connectivity index (χ1v) is 6.57. The van der Waals surface area contributed by atoms with E-state index in [1.807, 2.05) is 13.8 Å². The lowest BCUT2D eigenvalue weighted by Crippen LogP contribution is -2.12. The van der Waals surface area contributed by atoms with Crippen molar-refractivity contribution < 1.29 is 9.90 Å². The van der Waals surface area contributed by atoms with E-state index in [0.29, 0.717) is 16.0 Å². The number of carboxylic acids is 1. The van der Waals surface area contributed by atoms with E-state index in [1.165, 1.54) is 11.3 Å². The molecule has 0 fully saturated rings. The molecule has 96 valence electrons. The highest BCUT2D eigenvalue weighted by atomic mass is 32.1. The molecule has 2 heterocycles. The molecule has 0 unspecified atom stereocenters. The number of rotatable bonds is 4. The SMILES string of the molecule is CCc1sc2nc(CCC(=O)O)[nH]c(=O)c2c1C. The van der Waals surface area contributed by atoms with E-state index >= 15 is 0 Å². The van der Waals surface area contributed by atoms with Crippen molar-refractivity contribution in [1.82, 2.24) is 9.97 Å². The minimum absolute atomic E-state index is 0.0283. The van der Waals surface area contributed by atoms with Crippen LogP contribution in [0.3, 0.4) is 0 Å². The van der Waals surface area contributed by atoms with Gasteiger partial charge < -0.3 is 10.1 Å². The predicted octanol–water partition coefficient (Wildman–Crippen LogP) is 1.87. The van der Waals surface area contributed by atoms with Gasteiger partial charge in [0.05, 0.1) is 11.8 Å². The van der Waals surface area contributed by atoms with Crippen LogP contribution in [-0.2, 0) is 17.6 Å². The third-order valence-corrected chi connectivity index (χ3v) is 4.18. The topological polar surface area (TPSA) is 83.0 Å². The number of carboxylic acid groups (broad SMARTS) is 1. The number of aromatic nitrogens is 2. The molecular formula is C12H14N2O3S. The smallest absolute Gasteiger partial charge is 0.303 e. The van der Waals surface area contributed by atoms with Gasteiger partial charge >= 0.3 is 5.97 Å². The molecule has 0 bridgehead atoms. The van der Waals surface area contributed by atoms with Gasteiger partial charge in [-0.25, -0.2) is 4.98 Å². The van der Waals surface area contributed by atoms with Crippen molar-refractivity contribution >= 4 is 27.5 Å². The molecule has 0 atom stereocenters. The van der Waals surface area contributed by atoms with E-state index in [9.17, 15) is 9.59 Å². The van der Waals surface area contributed by atoms with Crippen molar-refractivity contribution in [3.05, 3.63) is 26.6 Å². The average molecular weight is 266 g/mol. The molecule has 0 spiro atoms. The van der Waals surface area contributed by atoms with Crippen LogP contribution in [0.25, 0.3) is 10.2 Å². The van der Waals surface area contributed by atoms with Gasteiger partial charge in [-0.05, 0) is 18.9 Å². The monoisotopic (exact) mass is 266 g/mol. The summed E-state index contributed by atoms with van der Waals surface area (Å²) < 4.78 is 0. The Morgan fingerprint density at radius 1 is 1.50 bits per heavy atom. The van der Waals surface area contributed by atoms with E-state index in [2.05, 4.69) is 9.97 Å². The molecule has 0 aliphatic carbocycles. The van der Waals surface area contributed by atoms with Gasteiger partial charge in [-0.15, -0.1) is 11.3 Å². The number of aromatic amines is 1. The number of nitrogens with one attached hydrogen (secondary N) is 1. The molecule has 0 aliphatic heterocycles. The number of aryl methyl sites for hydroxylation is 3. The van der Waals surface area contributed by atoms with Crippen molar-refractivity contribution in [2.24, 2.45) is 0 Å². The van der Waals surface area contributed by atoms with Crippen molar-refractivity contribution in [2.75, 3.05) is 0 Å². The number of H-pyrrole nitrogens is 1. The molecule has 0 aromatic carbocycles. The summed E-state index contributed by atoms with van der Waals surface area (Å²) in [5.41, 5.74) is 0.810. The van der Waals surface area contributed by atoms with Crippen LogP contribution in [-0.4, -0.2) is 21.0 Å². The molecule has 0 radical (unpaired) electrons. The average Bonchev–Trinajstić information content (AvgIpc) is 2.63. The summed E-state index contributed by atoms with van der Waals surface area (Å²) in [4.78, 5) is 31.3. The Morgan fingerprint density at radius 3 is 2.83 bits per heavy atom. The van der Waals surface area contributed by atoms with Crippen molar-refractivity contribution in [1.29, 1.82) is 0 Å². The maximum absolute atomic E-state index is 12.0. The Labute approximate surface area is 107 Å². The van der Waals surface area contributed by atoms with Crippen molar-refractivity contribution in [2.45, 2.75) is 33.1 Å². The fraction of sp³-hybridized carbons (Fsp3) is 0.417. The van der Waals surface area contributed by atoms with E-state index in [1.54, 1.807) is 0 Å². The Hall–Kier alpha value is -1.69. The first-order valence-electron chi connectivity index (χ1n) is 5.76. The minimum atomic E-state index is -0.894. The second kappa shape index (κ2) is 4.89. The van der Waals surface area contributed by atoms with Crippen LogP contribution in [0.15, 0.2) is 4.79 Å². The second-order valence-corrected chi connectivity index (χ2v) is 5.17.